The molecule has 1 aliphatic carbocycles. The van der Waals surface area contributed by atoms with E-state index in [2.05, 4.69) is 29.6 Å². The molecule has 1 unspecified atom stereocenters. The van der Waals surface area contributed by atoms with Crippen LogP contribution < -0.4 is 5.32 Å². The number of likely N-dealkylation sites (tertiary alicyclic amines) is 1. The van der Waals surface area contributed by atoms with Gasteiger partial charge in [0.25, 0.3) is 0 Å². The average molecular weight is 383 g/mol. The van der Waals surface area contributed by atoms with Gasteiger partial charge in [-0.3, -0.25) is 9.59 Å². The first kappa shape index (κ1) is 18.2. The molecule has 1 aromatic carbocycles. The van der Waals surface area contributed by atoms with Crippen molar-refractivity contribution in [1.82, 2.24) is 10.2 Å². The number of thiophene rings is 1. The number of nitrogens with zero attached hydrogens (tertiary/aromatic N) is 1. The van der Waals surface area contributed by atoms with Gasteiger partial charge in [0, 0.05) is 23.4 Å². The van der Waals surface area contributed by atoms with Crippen molar-refractivity contribution in [2.45, 2.75) is 50.0 Å². The molecular weight excluding hydrogens is 356 g/mol. The van der Waals surface area contributed by atoms with Crippen LogP contribution in [0, 0.1) is 0 Å². The van der Waals surface area contributed by atoms with E-state index in [-0.39, 0.29) is 23.3 Å². The number of hydrogen-bond donors (Lipinski definition) is 1. The molecular formula is C22H26N2O2S. The molecule has 2 amide bonds. The van der Waals surface area contributed by atoms with Crippen molar-refractivity contribution in [2.75, 3.05) is 13.1 Å². The van der Waals surface area contributed by atoms with Gasteiger partial charge in [-0.05, 0) is 42.7 Å². The monoisotopic (exact) mass is 382 g/mol. The molecule has 4 nitrogen and oxygen atoms in total. The third kappa shape index (κ3) is 3.79. The predicted octanol–water partition coefficient (Wildman–Crippen LogP) is 3.52. The zero-order valence-corrected chi connectivity index (χ0v) is 16.3. The highest BCUT2D eigenvalue weighted by molar-refractivity contribution is 7.10. The van der Waals surface area contributed by atoms with Crippen LogP contribution in [-0.2, 0) is 21.4 Å². The topological polar surface area (TPSA) is 49.4 Å². The van der Waals surface area contributed by atoms with Crippen LogP contribution in [0.25, 0.3) is 0 Å². The fourth-order valence-corrected chi connectivity index (χ4v) is 5.03. The molecule has 1 saturated carbocycles. The van der Waals surface area contributed by atoms with Gasteiger partial charge < -0.3 is 10.2 Å². The standard InChI is InChI=1S/C22H26N2O2S/c25-20(15-18-9-5-14-27-18)24-13-4-10-19(24)21(26)23-16-22(11-6-12-22)17-7-2-1-3-8-17/h1-3,5,7-9,14,19H,4,6,10-13,15-16H2,(H,23,26). The highest BCUT2D eigenvalue weighted by Gasteiger charge is 2.40. The quantitative estimate of drug-likeness (QED) is 0.831. The van der Waals surface area contributed by atoms with Crippen LogP contribution in [0.15, 0.2) is 47.8 Å². The van der Waals surface area contributed by atoms with Crippen LogP contribution in [0.1, 0.15) is 42.5 Å². The maximum absolute atomic E-state index is 12.9. The summed E-state index contributed by atoms with van der Waals surface area (Å²) in [5, 5.41) is 5.16. The Morgan fingerprint density at radius 1 is 1.11 bits per heavy atom. The number of amides is 2. The summed E-state index contributed by atoms with van der Waals surface area (Å²) in [7, 11) is 0. The second kappa shape index (κ2) is 7.85. The Hall–Kier alpha value is -2.14. The molecule has 0 spiro atoms. The largest absolute Gasteiger partial charge is 0.353 e. The molecule has 142 valence electrons. The van der Waals surface area contributed by atoms with Gasteiger partial charge in [0.05, 0.1) is 6.42 Å². The number of benzene rings is 1. The Morgan fingerprint density at radius 2 is 1.93 bits per heavy atom. The number of carbonyl (C=O) groups is 2. The van der Waals surface area contributed by atoms with E-state index in [1.165, 1.54) is 12.0 Å². The van der Waals surface area contributed by atoms with E-state index in [9.17, 15) is 9.59 Å². The lowest BCUT2D eigenvalue weighted by Gasteiger charge is -2.43. The smallest absolute Gasteiger partial charge is 0.242 e. The van der Waals surface area contributed by atoms with Gasteiger partial charge in [-0.1, -0.05) is 42.8 Å². The van der Waals surface area contributed by atoms with Crippen molar-refractivity contribution in [2.24, 2.45) is 0 Å². The molecule has 27 heavy (non-hydrogen) atoms. The van der Waals surface area contributed by atoms with E-state index in [0.29, 0.717) is 19.5 Å². The summed E-state index contributed by atoms with van der Waals surface area (Å²) in [6.07, 6.45) is 5.50. The second-order valence-corrected chi connectivity index (χ2v) is 8.75. The maximum Gasteiger partial charge on any atom is 0.242 e. The van der Waals surface area contributed by atoms with Crippen molar-refractivity contribution < 1.29 is 9.59 Å². The summed E-state index contributed by atoms with van der Waals surface area (Å²) < 4.78 is 0. The molecule has 2 heterocycles. The van der Waals surface area contributed by atoms with Crippen LogP contribution in [0.3, 0.4) is 0 Å². The van der Waals surface area contributed by atoms with Crippen LogP contribution in [0.4, 0.5) is 0 Å². The molecule has 1 aromatic heterocycles. The zero-order chi connectivity index (χ0) is 18.7. The first-order valence-corrected chi connectivity index (χ1v) is 10.7. The van der Waals surface area contributed by atoms with Crippen LogP contribution in [0.5, 0.6) is 0 Å². The number of nitrogens with one attached hydrogen (secondary N) is 1. The molecule has 0 radical (unpaired) electrons. The van der Waals surface area contributed by atoms with Gasteiger partial charge >= 0.3 is 0 Å². The van der Waals surface area contributed by atoms with Gasteiger partial charge in [0.15, 0.2) is 0 Å². The minimum absolute atomic E-state index is 0.00855. The minimum atomic E-state index is -0.314. The van der Waals surface area contributed by atoms with Crippen LogP contribution in [-0.4, -0.2) is 35.8 Å². The van der Waals surface area contributed by atoms with E-state index in [1.807, 2.05) is 23.6 Å². The lowest BCUT2D eigenvalue weighted by molar-refractivity contribution is -0.138. The molecule has 1 aliphatic heterocycles. The normalized spacial score (nSPS) is 20.9. The average Bonchev–Trinajstić information content (AvgIpc) is 3.33. The Bertz CT molecular complexity index is 784. The highest BCUT2D eigenvalue weighted by atomic mass is 32.1. The second-order valence-electron chi connectivity index (χ2n) is 7.72. The first-order valence-electron chi connectivity index (χ1n) is 9.83. The Labute approximate surface area is 164 Å². The Morgan fingerprint density at radius 3 is 2.59 bits per heavy atom. The van der Waals surface area contributed by atoms with Crippen molar-refractivity contribution in [1.29, 1.82) is 0 Å². The van der Waals surface area contributed by atoms with Crippen molar-refractivity contribution in [3.8, 4) is 0 Å². The van der Waals surface area contributed by atoms with Gasteiger partial charge in [-0.2, -0.15) is 0 Å². The van der Waals surface area contributed by atoms with Crippen molar-refractivity contribution in [3.63, 3.8) is 0 Å². The molecule has 1 N–H and O–H groups in total. The Kier molecular flexibility index (Phi) is 5.30. The van der Waals surface area contributed by atoms with Gasteiger partial charge in [0.2, 0.25) is 11.8 Å². The van der Waals surface area contributed by atoms with Crippen molar-refractivity contribution >= 4 is 23.2 Å². The molecule has 2 aromatic rings. The summed E-state index contributed by atoms with van der Waals surface area (Å²) in [4.78, 5) is 28.4. The summed E-state index contributed by atoms with van der Waals surface area (Å²) >= 11 is 1.59. The SMILES string of the molecule is O=C(NCC1(c2ccccc2)CCC1)C1CCCN1C(=O)Cc1cccs1. The fourth-order valence-electron chi connectivity index (χ4n) is 4.34. The molecule has 5 heteroatoms. The molecule has 1 atom stereocenters. The number of rotatable bonds is 6. The van der Waals surface area contributed by atoms with Crippen LogP contribution >= 0.6 is 11.3 Å². The van der Waals surface area contributed by atoms with Gasteiger partial charge in [-0.15, -0.1) is 11.3 Å². The van der Waals surface area contributed by atoms with E-state index >= 15 is 0 Å². The third-order valence-electron chi connectivity index (χ3n) is 6.08. The van der Waals surface area contributed by atoms with E-state index in [1.54, 1.807) is 16.2 Å². The summed E-state index contributed by atoms with van der Waals surface area (Å²) in [5.74, 6) is 0.0748. The fraction of sp³-hybridized carbons (Fsp3) is 0.455. The third-order valence-corrected chi connectivity index (χ3v) is 6.96. The minimum Gasteiger partial charge on any atom is -0.353 e. The zero-order valence-electron chi connectivity index (χ0n) is 15.5. The molecule has 0 bridgehead atoms. The van der Waals surface area contributed by atoms with Gasteiger partial charge in [-0.25, -0.2) is 0 Å². The van der Waals surface area contributed by atoms with E-state index in [0.717, 1.165) is 30.6 Å². The number of hydrogen-bond acceptors (Lipinski definition) is 3. The maximum atomic E-state index is 12.9. The summed E-state index contributed by atoms with van der Waals surface area (Å²) in [5.41, 5.74) is 1.38. The molecule has 2 fully saturated rings. The van der Waals surface area contributed by atoms with Crippen LogP contribution in [0.2, 0.25) is 0 Å². The highest BCUT2D eigenvalue weighted by Crippen LogP contribution is 2.43. The summed E-state index contributed by atoms with van der Waals surface area (Å²) in [6.45, 7) is 1.35. The van der Waals surface area contributed by atoms with Crippen molar-refractivity contribution in [3.05, 3.63) is 58.3 Å². The van der Waals surface area contributed by atoms with E-state index < -0.39 is 0 Å². The summed E-state index contributed by atoms with van der Waals surface area (Å²) in [6, 6.07) is 14.1. The first-order chi connectivity index (χ1) is 13.2. The molecule has 1 saturated heterocycles. The van der Waals surface area contributed by atoms with Gasteiger partial charge in [0.1, 0.15) is 6.04 Å². The number of carbonyl (C=O) groups excluding carboxylic acids is 2. The lowest BCUT2D eigenvalue weighted by atomic mass is 9.64. The van der Waals surface area contributed by atoms with E-state index in [4.69, 9.17) is 0 Å². The lowest BCUT2D eigenvalue weighted by Crippen LogP contribution is -2.51. The molecule has 2 aliphatic rings. The molecule has 4 rings (SSSR count). The Balaban J connectivity index is 1.38. The predicted molar refractivity (Wildman–Crippen MR) is 108 cm³/mol.